The molecule has 106 valence electrons. The van der Waals surface area contributed by atoms with Crippen molar-refractivity contribution < 1.29 is 14.7 Å². The number of carbonyl (C=O) groups excluding carboxylic acids is 1. The van der Waals surface area contributed by atoms with E-state index >= 15 is 0 Å². The lowest BCUT2D eigenvalue weighted by Gasteiger charge is -2.15. The van der Waals surface area contributed by atoms with Crippen molar-refractivity contribution in [3.8, 4) is 0 Å². The summed E-state index contributed by atoms with van der Waals surface area (Å²) < 4.78 is 0. The van der Waals surface area contributed by atoms with Crippen LogP contribution in [0.3, 0.4) is 0 Å². The molecule has 0 saturated heterocycles. The minimum Gasteiger partial charge on any atom is -0.481 e. The molecule has 4 heteroatoms. The second-order valence-corrected chi connectivity index (χ2v) is 5.85. The fourth-order valence-electron chi connectivity index (χ4n) is 3.28. The fourth-order valence-corrected chi connectivity index (χ4v) is 3.28. The van der Waals surface area contributed by atoms with Gasteiger partial charge in [-0.05, 0) is 24.8 Å². The maximum atomic E-state index is 12.2. The first-order chi connectivity index (χ1) is 9.66. The number of benzene rings is 1. The smallest absolute Gasteiger partial charge is 0.307 e. The van der Waals surface area contributed by atoms with Crippen molar-refractivity contribution in [2.24, 2.45) is 11.8 Å². The third-order valence-electron chi connectivity index (χ3n) is 4.52. The van der Waals surface area contributed by atoms with E-state index in [1.165, 1.54) is 5.56 Å². The van der Waals surface area contributed by atoms with Crippen LogP contribution in [0.2, 0.25) is 0 Å². The summed E-state index contributed by atoms with van der Waals surface area (Å²) in [5, 5.41) is 12.2. The molecular weight excluding hydrogens is 254 g/mol. The zero-order valence-corrected chi connectivity index (χ0v) is 11.3. The number of rotatable bonds is 4. The Hall–Kier alpha value is -1.84. The quantitative estimate of drug-likeness (QED) is 0.883. The molecule has 0 heterocycles. The van der Waals surface area contributed by atoms with Gasteiger partial charge in [0.1, 0.15) is 0 Å². The molecule has 0 aromatic heterocycles. The van der Waals surface area contributed by atoms with Gasteiger partial charge in [-0.2, -0.15) is 0 Å². The van der Waals surface area contributed by atoms with E-state index < -0.39 is 11.9 Å². The van der Waals surface area contributed by atoms with Gasteiger partial charge in [-0.15, -0.1) is 0 Å². The van der Waals surface area contributed by atoms with Gasteiger partial charge in [-0.25, -0.2) is 0 Å². The number of hydrogen-bond donors (Lipinski definition) is 2. The van der Waals surface area contributed by atoms with Gasteiger partial charge in [-0.3, -0.25) is 9.59 Å². The van der Waals surface area contributed by atoms with E-state index in [0.29, 0.717) is 18.8 Å². The predicted molar refractivity (Wildman–Crippen MR) is 74.2 cm³/mol. The summed E-state index contributed by atoms with van der Waals surface area (Å²) in [6.07, 6.45) is 3.12. The maximum Gasteiger partial charge on any atom is 0.307 e. The van der Waals surface area contributed by atoms with Crippen molar-refractivity contribution in [2.75, 3.05) is 0 Å². The lowest BCUT2D eigenvalue weighted by atomic mass is 9.95. The maximum absolute atomic E-state index is 12.2. The normalized spacial score (nSPS) is 31.8. The molecule has 4 nitrogen and oxygen atoms in total. The molecule has 2 N–H and O–H groups in total. The molecule has 1 aromatic rings. The Labute approximate surface area is 118 Å². The van der Waals surface area contributed by atoms with E-state index in [-0.39, 0.29) is 17.9 Å². The monoisotopic (exact) mass is 273 g/mol. The van der Waals surface area contributed by atoms with Gasteiger partial charge in [-0.1, -0.05) is 36.8 Å². The summed E-state index contributed by atoms with van der Waals surface area (Å²) in [6, 6.07) is 10.3. The van der Waals surface area contributed by atoms with E-state index in [1.807, 2.05) is 18.2 Å². The van der Waals surface area contributed by atoms with Crippen molar-refractivity contribution in [1.82, 2.24) is 5.32 Å². The average molecular weight is 273 g/mol. The molecule has 4 atom stereocenters. The van der Waals surface area contributed by atoms with Crippen LogP contribution in [0.1, 0.15) is 37.2 Å². The predicted octanol–water partition coefficient (Wildman–Crippen LogP) is 2.16. The van der Waals surface area contributed by atoms with Crippen LogP contribution in [0, 0.1) is 11.8 Å². The van der Waals surface area contributed by atoms with Gasteiger partial charge in [0.05, 0.1) is 11.8 Å². The second kappa shape index (κ2) is 5.27. The molecule has 2 saturated carbocycles. The van der Waals surface area contributed by atoms with Crippen LogP contribution >= 0.6 is 0 Å². The summed E-state index contributed by atoms with van der Waals surface area (Å²) in [7, 11) is 0. The Morgan fingerprint density at radius 3 is 2.50 bits per heavy atom. The highest BCUT2D eigenvalue weighted by atomic mass is 16.4. The molecule has 2 fully saturated rings. The third kappa shape index (κ3) is 2.55. The highest BCUT2D eigenvalue weighted by Crippen LogP contribution is 2.41. The van der Waals surface area contributed by atoms with E-state index in [1.54, 1.807) is 0 Å². The lowest BCUT2D eigenvalue weighted by Crippen LogP contribution is -2.36. The van der Waals surface area contributed by atoms with Gasteiger partial charge in [0.15, 0.2) is 0 Å². The first kappa shape index (κ1) is 13.2. The van der Waals surface area contributed by atoms with Crippen LogP contribution < -0.4 is 5.32 Å². The average Bonchev–Trinajstić information content (AvgIpc) is 3.02. The van der Waals surface area contributed by atoms with Crippen LogP contribution in [0.15, 0.2) is 30.3 Å². The largest absolute Gasteiger partial charge is 0.481 e. The molecule has 0 unspecified atom stereocenters. The number of carbonyl (C=O) groups is 2. The van der Waals surface area contributed by atoms with Gasteiger partial charge in [0.2, 0.25) is 5.91 Å². The molecule has 1 amide bonds. The van der Waals surface area contributed by atoms with Gasteiger partial charge in [0.25, 0.3) is 0 Å². The molecule has 0 aliphatic heterocycles. The molecule has 1 aromatic carbocycles. The SMILES string of the molecule is O=C(O)[C@@H]1CCC[C@H]1C(=O)N[C@H]1C[C@@H]1c1ccccc1. The van der Waals surface area contributed by atoms with Crippen LogP contribution in [-0.2, 0) is 9.59 Å². The highest BCUT2D eigenvalue weighted by molar-refractivity contribution is 5.85. The van der Waals surface area contributed by atoms with Crippen molar-refractivity contribution in [3.63, 3.8) is 0 Å². The Morgan fingerprint density at radius 2 is 1.80 bits per heavy atom. The summed E-state index contributed by atoms with van der Waals surface area (Å²) in [5.74, 6) is -1.35. The number of amides is 1. The van der Waals surface area contributed by atoms with Crippen molar-refractivity contribution in [2.45, 2.75) is 37.6 Å². The lowest BCUT2D eigenvalue weighted by molar-refractivity contribution is -0.146. The molecule has 0 bridgehead atoms. The van der Waals surface area contributed by atoms with Crippen molar-refractivity contribution >= 4 is 11.9 Å². The Kier molecular flexibility index (Phi) is 3.47. The van der Waals surface area contributed by atoms with Crippen LogP contribution in [-0.4, -0.2) is 23.0 Å². The fraction of sp³-hybridized carbons (Fsp3) is 0.500. The zero-order valence-electron chi connectivity index (χ0n) is 11.3. The van der Waals surface area contributed by atoms with Gasteiger partial charge in [0, 0.05) is 12.0 Å². The first-order valence-corrected chi connectivity index (χ1v) is 7.25. The molecule has 0 spiro atoms. The van der Waals surface area contributed by atoms with Crippen molar-refractivity contribution in [3.05, 3.63) is 35.9 Å². The second-order valence-electron chi connectivity index (χ2n) is 5.85. The standard InChI is InChI=1S/C16H19NO3/c18-15(11-7-4-8-12(11)16(19)20)17-14-9-13(14)10-5-2-1-3-6-10/h1-3,5-6,11-14H,4,7-9H2,(H,17,18)(H,19,20)/t11-,12-,13-,14+/m1/s1. The number of carboxylic acid groups (broad SMARTS) is 1. The molecule has 0 radical (unpaired) electrons. The molecule has 3 rings (SSSR count). The zero-order chi connectivity index (χ0) is 14.1. The number of nitrogens with one attached hydrogen (secondary N) is 1. The number of aliphatic carboxylic acids is 1. The summed E-state index contributed by atoms with van der Waals surface area (Å²) in [6.45, 7) is 0. The molecular formula is C16H19NO3. The Bertz CT molecular complexity index is 514. The van der Waals surface area contributed by atoms with Crippen LogP contribution in [0.4, 0.5) is 0 Å². The Balaban J connectivity index is 1.57. The molecule has 2 aliphatic carbocycles. The molecule has 20 heavy (non-hydrogen) atoms. The van der Waals surface area contributed by atoms with E-state index in [9.17, 15) is 9.59 Å². The number of carboxylic acids is 1. The topological polar surface area (TPSA) is 66.4 Å². The van der Waals surface area contributed by atoms with Crippen LogP contribution in [0.5, 0.6) is 0 Å². The third-order valence-corrected chi connectivity index (χ3v) is 4.52. The summed E-state index contributed by atoms with van der Waals surface area (Å²) in [5.41, 5.74) is 1.25. The van der Waals surface area contributed by atoms with E-state index in [2.05, 4.69) is 17.4 Å². The van der Waals surface area contributed by atoms with Gasteiger partial charge >= 0.3 is 5.97 Å². The summed E-state index contributed by atoms with van der Waals surface area (Å²) >= 11 is 0. The molecule has 2 aliphatic rings. The van der Waals surface area contributed by atoms with Crippen molar-refractivity contribution in [1.29, 1.82) is 0 Å². The summed E-state index contributed by atoms with van der Waals surface area (Å²) in [4.78, 5) is 23.3. The minimum absolute atomic E-state index is 0.0710. The van der Waals surface area contributed by atoms with E-state index in [0.717, 1.165) is 12.8 Å². The number of hydrogen-bond acceptors (Lipinski definition) is 2. The highest BCUT2D eigenvalue weighted by Gasteiger charge is 2.43. The minimum atomic E-state index is -0.835. The van der Waals surface area contributed by atoms with E-state index in [4.69, 9.17) is 5.11 Å². The van der Waals surface area contributed by atoms with Crippen LogP contribution in [0.25, 0.3) is 0 Å². The first-order valence-electron chi connectivity index (χ1n) is 7.25. The van der Waals surface area contributed by atoms with Gasteiger partial charge < -0.3 is 10.4 Å². The Morgan fingerprint density at radius 1 is 1.10 bits per heavy atom.